The Bertz CT molecular complexity index is 702. The average molecular weight is 336 g/mol. The molecule has 0 aliphatic carbocycles. The predicted octanol–water partition coefficient (Wildman–Crippen LogP) is 2.66. The Morgan fingerprint density at radius 2 is 2.22 bits per heavy atom. The molecule has 1 aromatic heterocycles. The lowest BCUT2D eigenvalue weighted by Crippen LogP contribution is -2.20. The van der Waals surface area contributed by atoms with E-state index in [4.69, 9.17) is 4.74 Å². The van der Waals surface area contributed by atoms with E-state index in [1.165, 1.54) is 29.5 Å². The minimum absolute atomic E-state index is 0.0923. The molecule has 1 amide bonds. The van der Waals surface area contributed by atoms with Crippen LogP contribution in [0.3, 0.4) is 0 Å². The third kappa shape index (κ3) is 5.29. The number of nitro groups is 1. The molecule has 2 aromatic rings. The highest BCUT2D eigenvalue weighted by molar-refractivity contribution is 7.15. The topological polar surface area (TPSA) is 107 Å². The fourth-order valence-corrected chi connectivity index (χ4v) is 2.69. The summed E-state index contributed by atoms with van der Waals surface area (Å²) in [5.41, 5.74) is -0.0923. The maximum absolute atomic E-state index is 11.8. The Balaban J connectivity index is 1.86. The predicted molar refractivity (Wildman–Crippen MR) is 85.7 cm³/mol. The molecule has 0 saturated heterocycles. The van der Waals surface area contributed by atoms with Gasteiger partial charge in [-0.05, 0) is 12.0 Å². The number of amides is 1. The quantitative estimate of drug-likeness (QED) is 0.615. The van der Waals surface area contributed by atoms with Crippen molar-refractivity contribution in [3.8, 4) is 5.75 Å². The summed E-state index contributed by atoms with van der Waals surface area (Å²) in [4.78, 5) is 21.9. The highest BCUT2D eigenvalue weighted by Crippen LogP contribution is 2.20. The van der Waals surface area contributed by atoms with Gasteiger partial charge in [0.25, 0.3) is 11.6 Å². The maximum atomic E-state index is 11.8. The number of carbonyl (C=O) groups excluding carboxylic acids is 1. The van der Waals surface area contributed by atoms with Crippen LogP contribution in [0.1, 0.15) is 18.9 Å². The zero-order chi connectivity index (χ0) is 16.8. The fraction of sp³-hybridized carbons (Fsp3) is 0.357. The molecule has 0 spiro atoms. The van der Waals surface area contributed by atoms with Crippen LogP contribution in [0.2, 0.25) is 0 Å². The van der Waals surface area contributed by atoms with Gasteiger partial charge in [0.1, 0.15) is 10.8 Å². The van der Waals surface area contributed by atoms with Crippen molar-refractivity contribution in [1.82, 2.24) is 10.2 Å². The highest BCUT2D eigenvalue weighted by Gasteiger charge is 2.11. The number of non-ortho nitro benzene ring substituents is 1. The molecule has 0 radical (unpaired) electrons. The molecule has 0 bridgehead atoms. The fourth-order valence-electron chi connectivity index (χ4n) is 1.73. The Morgan fingerprint density at radius 1 is 1.43 bits per heavy atom. The van der Waals surface area contributed by atoms with Crippen molar-refractivity contribution in [2.24, 2.45) is 5.92 Å². The van der Waals surface area contributed by atoms with Gasteiger partial charge in [0, 0.05) is 12.5 Å². The lowest BCUT2D eigenvalue weighted by Gasteiger charge is -2.05. The summed E-state index contributed by atoms with van der Waals surface area (Å²) in [6.07, 6.45) is 0.803. The van der Waals surface area contributed by atoms with Crippen molar-refractivity contribution in [3.63, 3.8) is 0 Å². The summed E-state index contributed by atoms with van der Waals surface area (Å²) >= 11 is 1.32. The number of hydrogen-bond acceptors (Lipinski definition) is 7. The van der Waals surface area contributed by atoms with Crippen LogP contribution in [0.5, 0.6) is 5.75 Å². The summed E-state index contributed by atoms with van der Waals surface area (Å²) in [5.74, 6) is 0.319. The van der Waals surface area contributed by atoms with E-state index in [0.717, 1.165) is 11.4 Å². The van der Waals surface area contributed by atoms with Crippen molar-refractivity contribution in [2.45, 2.75) is 20.3 Å². The SMILES string of the molecule is CC(C)Cc1nnc(NC(=O)COc2cccc([N+](=O)[O-])c2)s1. The van der Waals surface area contributed by atoms with Gasteiger partial charge in [0.15, 0.2) is 6.61 Å². The van der Waals surface area contributed by atoms with Crippen LogP contribution in [-0.4, -0.2) is 27.6 Å². The van der Waals surface area contributed by atoms with Crippen LogP contribution >= 0.6 is 11.3 Å². The van der Waals surface area contributed by atoms with Crippen LogP contribution in [0, 0.1) is 16.0 Å². The monoisotopic (exact) mass is 336 g/mol. The lowest BCUT2D eigenvalue weighted by molar-refractivity contribution is -0.384. The van der Waals surface area contributed by atoms with E-state index in [1.807, 2.05) is 0 Å². The smallest absolute Gasteiger partial charge is 0.273 e. The number of hydrogen-bond donors (Lipinski definition) is 1. The molecule has 2 rings (SSSR count). The first-order chi connectivity index (χ1) is 10.9. The zero-order valence-corrected chi connectivity index (χ0v) is 13.5. The molecular weight excluding hydrogens is 320 g/mol. The van der Waals surface area contributed by atoms with Gasteiger partial charge < -0.3 is 4.74 Å². The number of benzene rings is 1. The average Bonchev–Trinajstić information content (AvgIpc) is 2.91. The number of carbonyl (C=O) groups is 1. The molecule has 1 heterocycles. The Kier molecular flexibility index (Phi) is 5.58. The molecule has 1 aromatic carbocycles. The summed E-state index contributed by atoms with van der Waals surface area (Å²) in [6, 6.07) is 5.66. The number of aromatic nitrogens is 2. The molecular formula is C14H16N4O4S. The van der Waals surface area contributed by atoms with E-state index in [-0.39, 0.29) is 18.0 Å². The van der Waals surface area contributed by atoms with Crippen LogP contribution < -0.4 is 10.1 Å². The number of rotatable bonds is 7. The molecule has 0 aliphatic heterocycles. The Morgan fingerprint density at radius 3 is 2.91 bits per heavy atom. The number of nitrogens with zero attached hydrogens (tertiary/aromatic N) is 3. The molecule has 9 heteroatoms. The van der Waals surface area contributed by atoms with E-state index in [0.29, 0.717) is 11.0 Å². The molecule has 0 saturated carbocycles. The maximum Gasteiger partial charge on any atom is 0.273 e. The molecule has 8 nitrogen and oxygen atoms in total. The van der Waals surface area contributed by atoms with Crippen LogP contribution in [0.4, 0.5) is 10.8 Å². The van der Waals surface area contributed by atoms with E-state index in [1.54, 1.807) is 6.07 Å². The van der Waals surface area contributed by atoms with E-state index in [9.17, 15) is 14.9 Å². The van der Waals surface area contributed by atoms with Crippen LogP contribution in [0.25, 0.3) is 0 Å². The highest BCUT2D eigenvalue weighted by atomic mass is 32.1. The summed E-state index contributed by atoms with van der Waals surface area (Å²) in [5, 5.41) is 22.4. The third-order valence-corrected chi connectivity index (χ3v) is 3.56. The van der Waals surface area contributed by atoms with Gasteiger partial charge in [-0.2, -0.15) is 0 Å². The van der Waals surface area contributed by atoms with E-state index >= 15 is 0 Å². The zero-order valence-electron chi connectivity index (χ0n) is 12.7. The Labute approximate surface area is 136 Å². The summed E-state index contributed by atoms with van der Waals surface area (Å²) in [6.45, 7) is 3.89. The molecule has 0 aliphatic rings. The molecule has 23 heavy (non-hydrogen) atoms. The first-order valence-corrected chi connectivity index (χ1v) is 7.75. The molecule has 1 N–H and O–H groups in total. The van der Waals surface area contributed by atoms with Crippen molar-refractivity contribution in [1.29, 1.82) is 0 Å². The number of anilines is 1. The van der Waals surface area contributed by atoms with Crippen molar-refractivity contribution in [3.05, 3.63) is 39.4 Å². The van der Waals surface area contributed by atoms with E-state index < -0.39 is 10.8 Å². The first-order valence-electron chi connectivity index (χ1n) is 6.93. The minimum atomic E-state index is -0.523. The molecule has 0 fully saturated rings. The van der Waals surface area contributed by atoms with Crippen LogP contribution in [0.15, 0.2) is 24.3 Å². The minimum Gasteiger partial charge on any atom is -0.484 e. The summed E-state index contributed by atoms with van der Waals surface area (Å²) in [7, 11) is 0. The molecule has 0 unspecified atom stereocenters. The summed E-state index contributed by atoms with van der Waals surface area (Å²) < 4.78 is 5.24. The van der Waals surface area contributed by atoms with Gasteiger partial charge in [0.2, 0.25) is 5.13 Å². The standard InChI is InChI=1S/C14H16N4O4S/c1-9(2)6-13-16-17-14(23-13)15-12(19)8-22-11-5-3-4-10(7-11)18(20)21/h3-5,7,9H,6,8H2,1-2H3,(H,15,17,19). The molecule has 0 atom stereocenters. The second-order valence-electron chi connectivity index (χ2n) is 5.19. The van der Waals surface area contributed by atoms with Crippen molar-refractivity contribution < 1.29 is 14.5 Å². The van der Waals surface area contributed by atoms with Gasteiger partial charge in [0.05, 0.1) is 11.0 Å². The third-order valence-electron chi connectivity index (χ3n) is 2.69. The van der Waals surface area contributed by atoms with E-state index in [2.05, 4.69) is 29.4 Å². The van der Waals surface area contributed by atoms with Crippen molar-refractivity contribution in [2.75, 3.05) is 11.9 Å². The van der Waals surface area contributed by atoms with Gasteiger partial charge in [-0.25, -0.2) is 0 Å². The van der Waals surface area contributed by atoms with Gasteiger partial charge in [-0.1, -0.05) is 31.3 Å². The second kappa shape index (κ2) is 7.63. The van der Waals surface area contributed by atoms with Gasteiger partial charge in [-0.3, -0.25) is 20.2 Å². The number of nitro benzene ring substituents is 1. The Hall–Kier alpha value is -2.55. The lowest BCUT2D eigenvalue weighted by atomic mass is 10.1. The van der Waals surface area contributed by atoms with Crippen molar-refractivity contribution >= 4 is 28.1 Å². The molecule has 122 valence electrons. The van der Waals surface area contributed by atoms with Gasteiger partial charge in [-0.15, -0.1) is 10.2 Å². The van der Waals surface area contributed by atoms with Gasteiger partial charge >= 0.3 is 0 Å². The van der Waals surface area contributed by atoms with Crippen LogP contribution in [-0.2, 0) is 11.2 Å². The largest absolute Gasteiger partial charge is 0.484 e. The number of nitrogens with one attached hydrogen (secondary N) is 1. The number of ether oxygens (including phenoxy) is 1. The second-order valence-corrected chi connectivity index (χ2v) is 6.25. The first kappa shape index (κ1) is 16.8. The normalized spacial score (nSPS) is 10.6.